The molecule has 6 nitrogen and oxygen atoms in total. The summed E-state index contributed by atoms with van der Waals surface area (Å²) in [5, 5.41) is 13.1. The fourth-order valence-corrected chi connectivity index (χ4v) is 3.58. The fraction of sp³-hybridized carbons (Fsp3) is 0.160. The van der Waals surface area contributed by atoms with Gasteiger partial charge in [-0.2, -0.15) is 10.4 Å². The van der Waals surface area contributed by atoms with E-state index >= 15 is 0 Å². The Bertz CT molecular complexity index is 1190. The second kappa shape index (κ2) is 11.1. The fourth-order valence-electron chi connectivity index (χ4n) is 3.00. The quantitative estimate of drug-likeness (QED) is 0.339. The first kappa shape index (κ1) is 23.0. The lowest BCUT2D eigenvalue weighted by molar-refractivity contribution is 0.0954. The Morgan fingerprint density at radius 3 is 2.72 bits per heavy atom. The number of aryl methyl sites for hydroxylation is 1. The minimum atomic E-state index is -0.275. The summed E-state index contributed by atoms with van der Waals surface area (Å²) >= 11 is 3.53. The number of rotatable bonds is 8. The van der Waals surface area contributed by atoms with Gasteiger partial charge in [0, 0.05) is 5.56 Å². The van der Waals surface area contributed by atoms with Crippen molar-refractivity contribution in [3.63, 3.8) is 0 Å². The van der Waals surface area contributed by atoms with E-state index in [0.717, 1.165) is 16.7 Å². The van der Waals surface area contributed by atoms with Gasteiger partial charge in [-0.05, 0) is 76.8 Å². The topological polar surface area (TPSA) is 83.7 Å². The minimum absolute atomic E-state index is 0.275. The van der Waals surface area contributed by atoms with Gasteiger partial charge in [0.15, 0.2) is 11.5 Å². The highest BCUT2D eigenvalue weighted by molar-refractivity contribution is 9.10. The predicted molar refractivity (Wildman–Crippen MR) is 127 cm³/mol. The summed E-state index contributed by atoms with van der Waals surface area (Å²) in [6.07, 6.45) is 1.55. The van der Waals surface area contributed by atoms with Crippen LogP contribution in [-0.4, -0.2) is 18.7 Å². The van der Waals surface area contributed by atoms with E-state index in [1.165, 1.54) is 0 Å². The summed E-state index contributed by atoms with van der Waals surface area (Å²) in [5.41, 5.74) is 6.18. The van der Waals surface area contributed by atoms with Crippen LogP contribution < -0.4 is 14.9 Å². The molecule has 1 N–H and O–H groups in total. The number of nitrogens with zero attached hydrogens (tertiary/aromatic N) is 2. The van der Waals surface area contributed by atoms with Crippen LogP contribution in [0.1, 0.15) is 39.5 Å². The Morgan fingerprint density at radius 2 is 1.97 bits per heavy atom. The van der Waals surface area contributed by atoms with Gasteiger partial charge in [-0.25, -0.2) is 5.43 Å². The first-order valence-electron chi connectivity index (χ1n) is 9.99. The van der Waals surface area contributed by atoms with E-state index in [1.807, 2.05) is 50.2 Å². The van der Waals surface area contributed by atoms with Crippen LogP contribution in [0.25, 0.3) is 0 Å². The molecule has 0 bridgehead atoms. The van der Waals surface area contributed by atoms with E-state index in [0.29, 0.717) is 33.7 Å². The molecule has 0 spiro atoms. The number of benzene rings is 3. The van der Waals surface area contributed by atoms with Crippen LogP contribution >= 0.6 is 15.9 Å². The van der Waals surface area contributed by atoms with Crippen molar-refractivity contribution in [3.05, 3.63) is 93.0 Å². The molecule has 0 heterocycles. The highest BCUT2D eigenvalue weighted by Gasteiger charge is 2.13. The molecule has 3 rings (SSSR count). The third-order valence-electron chi connectivity index (χ3n) is 4.54. The number of ether oxygens (including phenoxy) is 2. The van der Waals surface area contributed by atoms with E-state index in [9.17, 15) is 4.79 Å². The Kier molecular flexibility index (Phi) is 8.01. The Morgan fingerprint density at radius 1 is 1.16 bits per heavy atom. The van der Waals surface area contributed by atoms with Crippen molar-refractivity contribution in [1.29, 1.82) is 5.26 Å². The molecule has 162 valence electrons. The summed E-state index contributed by atoms with van der Waals surface area (Å²) in [6, 6.07) is 20.3. The molecule has 0 saturated carbocycles. The van der Waals surface area contributed by atoms with E-state index in [4.69, 9.17) is 14.7 Å². The SMILES string of the molecule is CCOc1cc(/C=N\NC(=O)c2ccccc2C)cc(Br)c1OCc1cccc(C#N)c1. The molecule has 7 heteroatoms. The third kappa shape index (κ3) is 5.96. The van der Waals surface area contributed by atoms with Crippen molar-refractivity contribution in [2.75, 3.05) is 6.61 Å². The lowest BCUT2D eigenvalue weighted by Gasteiger charge is -2.15. The van der Waals surface area contributed by atoms with Crippen molar-refractivity contribution in [3.8, 4) is 17.6 Å². The zero-order chi connectivity index (χ0) is 22.9. The van der Waals surface area contributed by atoms with Crippen LogP contribution in [0.4, 0.5) is 0 Å². The van der Waals surface area contributed by atoms with Crippen molar-refractivity contribution in [2.24, 2.45) is 5.10 Å². The zero-order valence-electron chi connectivity index (χ0n) is 17.8. The third-order valence-corrected chi connectivity index (χ3v) is 5.13. The number of halogens is 1. The Balaban J connectivity index is 1.74. The number of hydrogen-bond donors (Lipinski definition) is 1. The van der Waals surface area contributed by atoms with Gasteiger partial charge in [0.1, 0.15) is 6.61 Å². The zero-order valence-corrected chi connectivity index (χ0v) is 19.3. The van der Waals surface area contributed by atoms with Crippen LogP contribution in [-0.2, 0) is 6.61 Å². The highest BCUT2D eigenvalue weighted by Crippen LogP contribution is 2.37. The van der Waals surface area contributed by atoms with Gasteiger partial charge in [0.2, 0.25) is 0 Å². The van der Waals surface area contributed by atoms with Gasteiger partial charge in [0.25, 0.3) is 5.91 Å². The molecular formula is C25H22BrN3O3. The maximum absolute atomic E-state index is 12.3. The molecular weight excluding hydrogens is 470 g/mol. The lowest BCUT2D eigenvalue weighted by Crippen LogP contribution is -2.18. The summed E-state index contributed by atoms with van der Waals surface area (Å²) in [6.45, 7) is 4.50. The summed E-state index contributed by atoms with van der Waals surface area (Å²) < 4.78 is 12.4. The molecule has 32 heavy (non-hydrogen) atoms. The maximum Gasteiger partial charge on any atom is 0.271 e. The first-order chi connectivity index (χ1) is 15.5. The van der Waals surface area contributed by atoms with Gasteiger partial charge >= 0.3 is 0 Å². The number of nitrogens with one attached hydrogen (secondary N) is 1. The molecule has 0 fully saturated rings. The number of nitriles is 1. The minimum Gasteiger partial charge on any atom is -0.490 e. The molecule has 3 aromatic rings. The molecule has 3 aromatic carbocycles. The van der Waals surface area contributed by atoms with Gasteiger partial charge in [-0.1, -0.05) is 30.3 Å². The molecule has 0 aliphatic carbocycles. The number of carbonyl (C=O) groups excluding carboxylic acids is 1. The molecule has 0 saturated heterocycles. The number of hydrazone groups is 1. The normalized spacial score (nSPS) is 10.6. The van der Waals surface area contributed by atoms with E-state index in [2.05, 4.69) is 32.5 Å². The van der Waals surface area contributed by atoms with Crippen LogP contribution in [0.3, 0.4) is 0 Å². The first-order valence-corrected chi connectivity index (χ1v) is 10.8. The maximum atomic E-state index is 12.3. The average Bonchev–Trinajstić information content (AvgIpc) is 2.79. The van der Waals surface area contributed by atoms with E-state index < -0.39 is 0 Å². The average molecular weight is 492 g/mol. The molecule has 0 unspecified atom stereocenters. The molecule has 0 radical (unpaired) electrons. The number of amides is 1. The van der Waals surface area contributed by atoms with Crippen molar-refractivity contribution < 1.29 is 14.3 Å². The largest absolute Gasteiger partial charge is 0.490 e. The van der Waals surface area contributed by atoms with Crippen molar-refractivity contribution >= 4 is 28.1 Å². The van der Waals surface area contributed by atoms with Gasteiger partial charge in [0.05, 0.1) is 28.9 Å². The Labute approximate surface area is 195 Å². The lowest BCUT2D eigenvalue weighted by atomic mass is 10.1. The standard InChI is InChI=1S/C25H22BrN3O3/c1-3-31-23-13-20(15-28-29-25(30)21-10-5-4-7-17(21)2)12-22(26)24(23)32-16-19-9-6-8-18(11-19)14-27/h4-13,15H,3,16H2,1-2H3,(H,29,30)/b28-15-. The van der Waals surface area contributed by atoms with Crippen molar-refractivity contribution in [2.45, 2.75) is 20.5 Å². The van der Waals surface area contributed by atoms with Crippen molar-refractivity contribution in [1.82, 2.24) is 5.43 Å². The summed E-state index contributed by atoms with van der Waals surface area (Å²) in [5.74, 6) is 0.823. The predicted octanol–water partition coefficient (Wildman–Crippen LogP) is 5.37. The van der Waals surface area contributed by atoms with Gasteiger partial charge < -0.3 is 9.47 Å². The molecule has 0 aromatic heterocycles. The molecule has 1 amide bonds. The van der Waals surface area contributed by atoms with Gasteiger partial charge in [-0.15, -0.1) is 0 Å². The second-order valence-electron chi connectivity index (χ2n) is 6.88. The molecule has 0 atom stereocenters. The Hall–Kier alpha value is -3.63. The second-order valence-corrected chi connectivity index (χ2v) is 7.73. The van der Waals surface area contributed by atoms with Crippen LogP contribution in [0.2, 0.25) is 0 Å². The van der Waals surface area contributed by atoms with E-state index in [-0.39, 0.29) is 12.5 Å². The van der Waals surface area contributed by atoms with Crippen LogP contribution in [0, 0.1) is 18.3 Å². The van der Waals surface area contributed by atoms with Crippen LogP contribution in [0.5, 0.6) is 11.5 Å². The molecule has 0 aliphatic heterocycles. The number of carbonyl (C=O) groups is 1. The number of hydrogen-bond acceptors (Lipinski definition) is 5. The summed E-state index contributed by atoms with van der Waals surface area (Å²) in [7, 11) is 0. The van der Waals surface area contributed by atoms with Crippen LogP contribution in [0.15, 0.2) is 70.2 Å². The molecule has 0 aliphatic rings. The highest BCUT2D eigenvalue weighted by atomic mass is 79.9. The summed E-state index contributed by atoms with van der Waals surface area (Å²) in [4.78, 5) is 12.3. The smallest absolute Gasteiger partial charge is 0.271 e. The monoisotopic (exact) mass is 491 g/mol. The van der Waals surface area contributed by atoms with E-state index in [1.54, 1.807) is 30.5 Å². The van der Waals surface area contributed by atoms with Gasteiger partial charge in [-0.3, -0.25) is 4.79 Å².